The molecule has 1 fully saturated rings. The standard InChI is InChI=1S/C21H21NO5/c23-20(24)7-4-13-2-1-3-15(10-13)22-21(25)17-12-16(17)14-5-6-18-19(11-14)27-9-8-26-18/h1-3,5-6,10-11,16-17H,4,7-9,12H2,(H,22,25)(H,23,24). The van der Waals surface area contributed by atoms with Gasteiger partial charge in [-0.3, -0.25) is 9.59 Å². The van der Waals surface area contributed by atoms with E-state index in [1.165, 1.54) is 0 Å². The Morgan fingerprint density at radius 2 is 1.89 bits per heavy atom. The number of fused-ring (bicyclic) bond motifs is 1. The minimum atomic E-state index is -0.829. The SMILES string of the molecule is O=C(O)CCc1cccc(NC(=O)C2CC2c2ccc3c(c2)OCCO3)c1. The van der Waals surface area contributed by atoms with Crippen LogP contribution in [0.15, 0.2) is 42.5 Å². The molecule has 2 aromatic carbocycles. The van der Waals surface area contributed by atoms with Crippen molar-refractivity contribution in [2.24, 2.45) is 5.92 Å². The third-order valence-corrected chi connectivity index (χ3v) is 4.94. The molecule has 0 bridgehead atoms. The molecule has 0 radical (unpaired) electrons. The number of carboxylic acid groups (broad SMARTS) is 1. The number of nitrogens with one attached hydrogen (secondary N) is 1. The number of ether oxygens (including phenoxy) is 2. The Kier molecular flexibility index (Phi) is 4.71. The summed E-state index contributed by atoms with van der Waals surface area (Å²) >= 11 is 0. The number of rotatable bonds is 6. The van der Waals surface area contributed by atoms with Crippen molar-refractivity contribution in [1.29, 1.82) is 0 Å². The molecular formula is C21H21NO5. The molecule has 6 nitrogen and oxygen atoms in total. The van der Waals surface area contributed by atoms with Crippen LogP contribution in [0.5, 0.6) is 11.5 Å². The number of aryl methyl sites for hydroxylation is 1. The van der Waals surface area contributed by atoms with Crippen LogP contribution in [0.3, 0.4) is 0 Å². The maximum Gasteiger partial charge on any atom is 0.303 e. The zero-order valence-electron chi connectivity index (χ0n) is 14.8. The highest BCUT2D eigenvalue weighted by Crippen LogP contribution is 2.49. The summed E-state index contributed by atoms with van der Waals surface area (Å²) in [6.07, 6.45) is 1.33. The number of hydrogen-bond donors (Lipinski definition) is 2. The minimum absolute atomic E-state index is 0.00901. The van der Waals surface area contributed by atoms with E-state index in [1.54, 1.807) is 0 Å². The first-order valence-corrected chi connectivity index (χ1v) is 9.11. The van der Waals surface area contributed by atoms with E-state index in [-0.39, 0.29) is 24.2 Å². The first kappa shape index (κ1) is 17.4. The lowest BCUT2D eigenvalue weighted by molar-refractivity contribution is -0.137. The molecule has 2 aliphatic rings. The molecule has 2 N–H and O–H groups in total. The number of anilines is 1. The van der Waals surface area contributed by atoms with Gasteiger partial charge in [0.05, 0.1) is 0 Å². The van der Waals surface area contributed by atoms with Gasteiger partial charge < -0.3 is 19.9 Å². The smallest absolute Gasteiger partial charge is 0.303 e. The number of carbonyl (C=O) groups is 2. The maximum atomic E-state index is 12.6. The molecule has 0 aromatic heterocycles. The van der Waals surface area contributed by atoms with E-state index in [1.807, 2.05) is 42.5 Å². The van der Waals surface area contributed by atoms with E-state index < -0.39 is 5.97 Å². The molecule has 1 heterocycles. The van der Waals surface area contributed by atoms with Crippen LogP contribution < -0.4 is 14.8 Å². The van der Waals surface area contributed by atoms with E-state index in [0.29, 0.717) is 25.3 Å². The molecule has 0 spiro atoms. The molecule has 2 atom stereocenters. The van der Waals surface area contributed by atoms with Gasteiger partial charge in [-0.2, -0.15) is 0 Å². The van der Waals surface area contributed by atoms with Crippen LogP contribution >= 0.6 is 0 Å². The van der Waals surface area contributed by atoms with Gasteiger partial charge in [0.15, 0.2) is 11.5 Å². The van der Waals surface area contributed by atoms with Gasteiger partial charge >= 0.3 is 5.97 Å². The lowest BCUT2D eigenvalue weighted by Gasteiger charge is -2.18. The zero-order chi connectivity index (χ0) is 18.8. The van der Waals surface area contributed by atoms with Gasteiger partial charge in [-0.15, -0.1) is 0 Å². The Morgan fingerprint density at radius 1 is 1.07 bits per heavy atom. The average molecular weight is 367 g/mol. The summed E-state index contributed by atoms with van der Waals surface area (Å²) in [5, 5.41) is 11.7. The molecule has 1 aliphatic carbocycles. The molecule has 1 amide bonds. The highest BCUT2D eigenvalue weighted by molar-refractivity contribution is 5.95. The molecule has 6 heteroatoms. The van der Waals surface area contributed by atoms with Crippen LogP contribution in [0.1, 0.15) is 29.9 Å². The van der Waals surface area contributed by atoms with Gasteiger partial charge in [-0.05, 0) is 54.2 Å². The molecule has 2 unspecified atom stereocenters. The van der Waals surface area contributed by atoms with Gasteiger partial charge in [-0.1, -0.05) is 18.2 Å². The van der Waals surface area contributed by atoms with Crippen molar-refractivity contribution in [3.05, 3.63) is 53.6 Å². The van der Waals surface area contributed by atoms with Gasteiger partial charge in [-0.25, -0.2) is 0 Å². The van der Waals surface area contributed by atoms with Gasteiger partial charge in [0.25, 0.3) is 0 Å². The first-order chi connectivity index (χ1) is 13.1. The highest BCUT2D eigenvalue weighted by Gasteiger charge is 2.44. The third kappa shape index (κ3) is 4.05. The Balaban J connectivity index is 1.37. The molecule has 140 valence electrons. The topological polar surface area (TPSA) is 84.9 Å². The average Bonchev–Trinajstić information content (AvgIpc) is 3.47. The fourth-order valence-electron chi connectivity index (χ4n) is 3.43. The molecule has 0 saturated heterocycles. The largest absolute Gasteiger partial charge is 0.486 e. The van der Waals surface area contributed by atoms with Gasteiger partial charge in [0.1, 0.15) is 13.2 Å². The van der Waals surface area contributed by atoms with E-state index in [9.17, 15) is 9.59 Å². The molecule has 27 heavy (non-hydrogen) atoms. The normalized spacial score (nSPS) is 20.0. The van der Waals surface area contributed by atoms with Crippen molar-refractivity contribution in [1.82, 2.24) is 0 Å². The zero-order valence-corrected chi connectivity index (χ0v) is 14.8. The minimum Gasteiger partial charge on any atom is -0.486 e. The second kappa shape index (κ2) is 7.31. The summed E-state index contributed by atoms with van der Waals surface area (Å²) in [5.74, 6) is 0.794. The van der Waals surface area contributed by atoms with Crippen LogP contribution in [0.4, 0.5) is 5.69 Å². The molecule has 4 rings (SSSR count). The fourth-order valence-corrected chi connectivity index (χ4v) is 3.43. The predicted octanol–water partition coefficient (Wildman–Crippen LogP) is 3.22. The van der Waals surface area contributed by atoms with Crippen LogP contribution in [-0.2, 0) is 16.0 Å². The van der Waals surface area contributed by atoms with Crippen LogP contribution in [0.25, 0.3) is 0 Å². The summed E-state index contributed by atoms with van der Waals surface area (Å²) in [6, 6.07) is 13.2. The number of hydrogen-bond acceptors (Lipinski definition) is 4. The maximum absolute atomic E-state index is 12.6. The monoisotopic (exact) mass is 367 g/mol. The number of amides is 1. The van der Waals surface area contributed by atoms with E-state index in [0.717, 1.165) is 29.0 Å². The number of carboxylic acids is 1. The van der Waals surface area contributed by atoms with Crippen LogP contribution in [0.2, 0.25) is 0 Å². The summed E-state index contributed by atoms with van der Waals surface area (Å²) in [7, 11) is 0. The van der Waals surface area contributed by atoms with E-state index in [2.05, 4.69) is 5.32 Å². The van der Waals surface area contributed by atoms with Crippen molar-refractivity contribution in [2.45, 2.75) is 25.2 Å². The van der Waals surface area contributed by atoms with Crippen molar-refractivity contribution in [3.8, 4) is 11.5 Å². The first-order valence-electron chi connectivity index (χ1n) is 9.11. The van der Waals surface area contributed by atoms with Crippen LogP contribution in [-0.4, -0.2) is 30.2 Å². The molecular weight excluding hydrogens is 346 g/mol. The number of benzene rings is 2. The summed E-state index contributed by atoms with van der Waals surface area (Å²) in [6.45, 7) is 1.11. The van der Waals surface area contributed by atoms with E-state index in [4.69, 9.17) is 14.6 Å². The Morgan fingerprint density at radius 3 is 2.70 bits per heavy atom. The number of carbonyl (C=O) groups excluding carboxylic acids is 1. The fraction of sp³-hybridized carbons (Fsp3) is 0.333. The summed E-state index contributed by atoms with van der Waals surface area (Å²) < 4.78 is 11.2. The van der Waals surface area contributed by atoms with Crippen molar-refractivity contribution in [3.63, 3.8) is 0 Å². The lowest BCUT2D eigenvalue weighted by Crippen LogP contribution is -2.16. The van der Waals surface area contributed by atoms with Crippen molar-refractivity contribution < 1.29 is 24.2 Å². The Labute approximate surface area is 157 Å². The second-order valence-electron chi connectivity index (χ2n) is 6.94. The second-order valence-corrected chi connectivity index (χ2v) is 6.94. The number of aliphatic carboxylic acids is 1. The van der Waals surface area contributed by atoms with Gasteiger partial charge in [0, 0.05) is 18.0 Å². The summed E-state index contributed by atoms with van der Waals surface area (Å²) in [4.78, 5) is 23.3. The van der Waals surface area contributed by atoms with Crippen molar-refractivity contribution >= 4 is 17.6 Å². The van der Waals surface area contributed by atoms with Crippen molar-refractivity contribution in [2.75, 3.05) is 18.5 Å². The van der Waals surface area contributed by atoms with Crippen LogP contribution in [0, 0.1) is 5.92 Å². The highest BCUT2D eigenvalue weighted by atomic mass is 16.6. The predicted molar refractivity (Wildman–Crippen MR) is 99.3 cm³/mol. The Bertz CT molecular complexity index is 879. The van der Waals surface area contributed by atoms with Gasteiger partial charge in [0.2, 0.25) is 5.91 Å². The van der Waals surface area contributed by atoms with E-state index >= 15 is 0 Å². The summed E-state index contributed by atoms with van der Waals surface area (Å²) in [5.41, 5.74) is 2.69. The molecule has 2 aromatic rings. The quantitative estimate of drug-likeness (QED) is 0.819. The third-order valence-electron chi connectivity index (χ3n) is 4.94. The Hall–Kier alpha value is -3.02. The molecule has 1 saturated carbocycles. The lowest BCUT2D eigenvalue weighted by atomic mass is 10.1. The molecule has 1 aliphatic heterocycles.